The van der Waals surface area contributed by atoms with Crippen LogP contribution in [0.4, 0.5) is 0 Å². The molecule has 3 aliphatic carbocycles. The predicted molar refractivity (Wildman–Crippen MR) is 194 cm³/mol. The first kappa shape index (κ1) is 32.0. The van der Waals surface area contributed by atoms with E-state index in [9.17, 15) is 0 Å². The van der Waals surface area contributed by atoms with E-state index in [0.717, 1.165) is 32.1 Å². The van der Waals surface area contributed by atoms with Gasteiger partial charge in [-0.2, -0.15) is 0 Å². The molecule has 0 heteroatoms. The molecule has 0 heterocycles. The van der Waals surface area contributed by atoms with Crippen molar-refractivity contribution in [2.45, 2.75) is 111 Å². The van der Waals surface area contributed by atoms with Crippen molar-refractivity contribution < 1.29 is 0 Å². The Labute approximate surface area is 268 Å². The number of hydrogen-bond donors (Lipinski definition) is 0. The van der Waals surface area contributed by atoms with E-state index in [0.29, 0.717) is 5.92 Å². The van der Waals surface area contributed by atoms with Crippen LogP contribution in [0.5, 0.6) is 0 Å². The monoisotopic (exact) mass is 582 g/mol. The van der Waals surface area contributed by atoms with Crippen LogP contribution >= 0.6 is 0 Å². The molecule has 0 fully saturated rings. The maximum absolute atomic E-state index is 2.55. The van der Waals surface area contributed by atoms with Gasteiger partial charge < -0.3 is 0 Å². The highest BCUT2D eigenvalue weighted by Gasteiger charge is 2.44. The van der Waals surface area contributed by atoms with Gasteiger partial charge in [0.1, 0.15) is 0 Å². The van der Waals surface area contributed by atoms with Crippen molar-refractivity contribution in [2.75, 3.05) is 0 Å². The average molecular weight is 583 g/mol. The molecule has 0 N–H and O–H groups in total. The highest BCUT2D eigenvalue weighted by atomic mass is 14.5. The summed E-state index contributed by atoms with van der Waals surface area (Å²) in [6, 6.07) is 23.5. The van der Waals surface area contributed by atoms with Crippen molar-refractivity contribution in [2.24, 2.45) is 5.41 Å². The molecule has 230 valence electrons. The van der Waals surface area contributed by atoms with Crippen molar-refractivity contribution in [3.8, 4) is 11.1 Å². The first-order valence-corrected chi connectivity index (χ1v) is 17.1. The van der Waals surface area contributed by atoms with Gasteiger partial charge in [0.2, 0.25) is 0 Å². The van der Waals surface area contributed by atoms with E-state index in [-0.39, 0.29) is 16.2 Å². The number of hydrogen-bond acceptors (Lipinski definition) is 0. The Hall–Kier alpha value is -3.38. The van der Waals surface area contributed by atoms with Crippen molar-refractivity contribution >= 4 is 5.57 Å². The third kappa shape index (κ3) is 6.10. The van der Waals surface area contributed by atoms with Crippen molar-refractivity contribution in [1.29, 1.82) is 0 Å². The van der Waals surface area contributed by atoms with Crippen LogP contribution in [0.3, 0.4) is 0 Å². The fourth-order valence-corrected chi connectivity index (χ4v) is 7.48. The lowest BCUT2D eigenvalue weighted by atomic mass is 9.64. The second-order valence-corrected chi connectivity index (χ2v) is 15.1. The molecule has 0 spiro atoms. The number of allylic oxidation sites excluding steroid dienone is 8. The van der Waals surface area contributed by atoms with Crippen LogP contribution in [0.2, 0.25) is 0 Å². The van der Waals surface area contributed by atoms with E-state index in [1.165, 1.54) is 55.7 Å². The van der Waals surface area contributed by atoms with Crippen molar-refractivity contribution in [3.05, 3.63) is 136 Å². The molecule has 0 saturated carbocycles. The summed E-state index contributed by atoms with van der Waals surface area (Å²) < 4.78 is 0. The van der Waals surface area contributed by atoms with Gasteiger partial charge in [-0.3, -0.25) is 0 Å². The maximum Gasteiger partial charge on any atom is 0.0196 e. The Bertz CT molecular complexity index is 1560. The zero-order chi connectivity index (χ0) is 31.7. The van der Waals surface area contributed by atoms with Crippen LogP contribution in [0, 0.1) is 5.41 Å². The van der Waals surface area contributed by atoms with Gasteiger partial charge >= 0.3 is 0 Å². The minimum absolute atomic E-state index is 0.00355. The fourth-order valence-electron chi connectivity index (χ4n) is 7.48. The predicted octanol–water partition coefficient (Wildman–Crippen LogP) is 12.7. The highest BCUT2D eigenvalue weighted by molar-refractivity contribution is 5.81. The summed E-state index contributed by atoms with van der Waals surface area (Å²) in [5, 5.41) is 0. The lowest BCUT2D eigenvalue weighted by molar-refractivity contribution is 0.332. The zero-order valence-corrected chi connectivity index (χ0v) is 28.9. The van der Waals surface area contributed by atoms with E-state index in [1.54, 1.807) is 0 Å². The quantitative estimate of drug-likeness (QED) is 0.243. The standard InChI is InChI=1S/C42H48.C2H6/c1-40(2,3)32-22-24-35-36-25-23-33(41(4,5)6)28-38(36)39(37(35)27-32)42(7,31-17-11-12-18-31)26-14-8-9-15-29-20-21-30-16-10-13-19-34(29)30;1-2/h8-11,13,16-20,22-25,27-28,39H,12,14-15,21,26H2,1-7H3;1-2H3/b9-8+;. The summed E-state index contributed by atoms with van der Waals surface area (Å²) >= 11 is 0. The van der Waals surface area contributed by atoms with E-state index in [2.05, 4.69) is 146 Å². The molecular formula is C44H54. The van der Waals surface area contributed by atoms with E-state index in [1.807, 2.05) is 13.8 Å². The van der Waals surface area contributed by atoms with Gasteiger partial charge in [-0.15, -0.1) is 0 Å². The van der Waals surface area contributed by atoms with Gasteiger partial charge in [0.05, 0.1) is 0 Å². The molecule has 0 saturated heterocycles. The van der Waals surface area contributed by atoms with E-state index < -0.39 is 0 Å². The molecule has 0 amide bonds. The molecular weight excluding hydrogens is 528 g/mol. The van der Waals surface area contributed by atoms with Gasteiger partial charge in [-0.1, -0.05) is 159 Å². The zero-order valence-electron chi connectivity index (χ0n) is 28.9. The van der Waals surface area contributed by atoms with Gasteiger partial charge in [0.25, 0.3) is 0 Å². The molecule has 0 aromatic heterocycles. The lowest BCUT2D eigenvalue weighted by Crippen LogP contribution is -2.28. The molecule has 3 aromatic rings. The first-order valence-electron chi connectivity index (χ1n) is 17.1. The molecule has 0 aliphatic heterocycles. The first-order chi connectivity index (χ1) is 21.0. The molecule has 44 heavy (non-hydrogen) atoms. The smallest absolute Gasteiger partial charge is 0.0196 e. The number of fused-ring (bicyclic) bond motifs is 4. The number of rotatable bonds is 7. The van der Waals surface area contributed by atoms with Gasteiger partial charge in [0.15, 0.2) is 0 Å². The summed E-state index contributed by atoms with van der Waals surface area (Å²) in [6.07, 6.45) is 19.9. The largest absolute Gasteiger partial charge is 0.0882 e. The summed E-state index contributed by atoms with van der Waals surface area (Å²) in [5.74, 6) is 0.332. The van der Waals surface area contributed by atoms with Crippen LogP contribution in [0.25, 0.3) is 16.7 Å². The maximum atomic E-state index is 2.55. The van der Waals surface area contributed by atoms with Crippen LogP contribution in [-0.4, -0.2) is 0 Å². The minimum atomic E-state index is 0.00355. The molecule has 6 rings (SSSR count). The molecule has 0 bridgehead atoms. The third-order valence-electron chi connectivity index (χ3n) is 10.1. The summed E-state index contributed by atoms with van der Waals surface area (Å²) in [5.41, 5.74) is 14.9. The van der Waals surface area contributed by atoms with Gasteiger partial charge in [-0.25, -0.2) is 0 Å². The third-order valence-corrected chi connectivity index (χ3v) is 10.1. The Morgan fingerprint density at radius 3 is 1.89 bits per heavy atom. The average Bonchev–Trinajstić information content (AvgIpc) is 3.75. The van der Waals surface area contributed by atoms with Crippen LogP contribution < -0.4 is 0 Å². The molecule has 3 aromatic carbocycles. The molecule has 0 radical (unpaired) electrons. The Morgan fingerprint density at radius 1 is 0.705 bits per heavy atom. The van der Waals surface area contributed by atoms with E-state index >= 15 is 0 Å². The van der Waals surface area contributed by atoms with Crippen LogP contribution in [-0.2, 0) is 17.3 Å². The second kappa shape index (κ2) is 12.5. The van der Waals surface area contributed by atoms with Gasteiger partial charge in [0, 0.05) is 11.3 Å². The molecule has 0 nitrogen and oxygen atoms in total. The molecule has 1 atom stereocenters. The Morgan fingerprint density at radius 2 is 1.32 bits per heavy atom. The van der Waals surface area contributed by atoms with Crippen molar-refractivity contribution in [3.63, 3.8) is 0 Å². The lowest BCUT2D eigenvalue weighted by Gasteiger charge is -2.39. The Kier molecular flexibility index (Phi) is 9.13. The normalized spacial score (nSPS) is 17.0. The number of benzene rings is 3. The van der Waals surface area contributed by atoms with Crippen molar-refractivity contribution in [1.82, 2.24) is 0 Å². The Balaban J connectivity index is 0.00000188. The van der Waals surface area contributed by atoms with Crippen LogP contribution in [0.1, 0.15) is 127 Å². The summed E-state index contributed by atoms with van der Waals surface area (Å²) in [4.78, 5) is 0. The minimum Gasteiger partial charge on any atom is -0.0882 e. The molecule has 3 aliphatic rings. The van der Waals surface area contributed by atoms with E-state index in [4.69, 9.17) is 0 Å². The molecule has 1 unspecified atom stereocenters. The second-order valence-electron chi connectivity index (χ2n) is 15.1. The van der Waals surface area contributed by atoms with Crippen LogP contribution in [0.15, 0.2) is 103 Å². The van der Waals surface area contributed by atoms with Gasteiger partial charge in [-0.05, 0) is 98.6 Å². The highest BCUT2D eigenvalue weighted by Crippen LogP contribution is 2.59. The summed E-state index contributed by atoms with van der Waals surface area (Å²) in [6.45, 7) is 20.6. The SMILES string of the molecule is CC.CC(C)(C)c1ccc2c(c1)C(C(C)(CC/C=C/CC1=CCc3ccccc31)C1=CCC=C1)c1cc(C(C)(C)C)ccc1-2. The fraction of sp³-hybridized carbons (Fsp3) is 0.409. The summed E-state index contributed by atoms with van der Waals surface area (Å²) in [7, 11) is 0. The topological polar surface area (TPSA) is 0 Å².